The lowest BCUT2D eigenvalue weighted by molar-refractivity contribution is -0.138. The lowest BCUT2D eigenvalue weighted by atomic mass is 9.84. The molecule has 4 nitrogen and oxygen atoms in total. The summed E-state index contributed by atoms with van der Waals surface area (Å²) >= 11 is 0. The quantitative estimate of drug-likeness (QED) is 0.442. The van der Waals surface area contributed by atoms with Gasteiger partial charge in [-0.25, -0.2) is 9.78 Å². The first-order valence-electron chi connectivity index (χ1n) is 11.9. The van der Waals surface area contributed by atoms with Crippen molar-refractivity contribution in [2.45, 2.75) is 50.8 Å². The van der Waals surface area contributed by atoms with Crippen LogP contribution in [0.1, 0.15) is 65.1 Å². The minimum atomic E-state index is -4.41. The minimum absolute atomic E-state index is 0.00822. The Hall–Kier alpha value is -3.61. The molecule has 2 atom stereocenters. The highest BCUT2D eigenvalue weighted by molar-refractivity contribution is 6.11. The average molecular weight is 492 g/mol. The second-order valence-corrected chi connectivity index (χ2v) is 10.5. The van der Waals surface area contributed by atoms with Crippen molar-refractivity contribution < 1.29 is 27.8 Å². The fourth-order valence-electron chi connectivity index (χ4n) is 6.09. The zero-order valence-electron chi connectivity index (χ0n) is 19.8. The number of carboxylic acids is 1. The molecule has 3 aromatic rings. The van der Waals surface area contributed by atoms with E-state index in [-0.39, 0.29) is 23.9 Å². The molecular weight excluding hydrogens is 467 g/mol. The molecule has 2 aromatic carbocycles. The van der Waals surface area contributed by atoms with E-state index in [4.69, 9.17) is 4.74 Å². The van der Waals surface area contributed by atoms with Crippen LogP contribution in [0.5, 0.6) is 5.88 Å². The molecule has 0 spiro atoms. The van der Waals surface area contributed by atoms with Crippen LogP contribution in [0, 0.1) is 5.92 Å². The number of fused-ring (bicyclic) bond motifs is 4. The molecule has 3 aliphatic rings. The van der Waals surface area contributed by atoms with Crippen molar-refractivity contribution in [3.63, 3.8) is 0 Å². The second-order valence-electron chi connectivity index (χ2n) is 10.5. The van der Waals surface area contributed by atoms with Gasteiger partial charge in [-0.3, -0.25) is 0 Å². The number of carboxylic acid groups (broad SMARTS) is 1. The molecule has 36 heavy (non-hydrogen) atoms. The number of benzene rings is 2. The van der Waals surface area contributed by atoms with Crippen LogP contribution in [0.3, 0.4) is 0 Å². The number of nitrogens with zero attached hydrogens (tertiary/aromatic N) is 1. The number of hydrogen-bond donors (Lipinski definition) is 1. The van der Waals surface area contributed by atoms with Crippen LogP contribution in [0.25, 0.3) is 5.57 Å². The molecule has 1 heterocycles. The van der Waals surface area contributed by atoms with Crippen LogP contribution in [0.15, 0.2) is 60.3 Å². The van der Waals surface area contributed by atoms with Gasteiger partial charge in [-0.2, -0.15) is 13.2 Å². The van der Waals surface area contributed by atoms with Crippen molar-refractivity contribution >= 4 is 11.5 Å². The van der Waals surface area contributed by atoms with E-state index in [1.807, 2.05) is 24.3 Å². The number of aromatic nitrogens is 1. The largest absolute Gasteiger partial charge is 0.478 e. The molecule has 0 bridgehead atoms. The number of rotatable bonds is 5. The molecule has 0 aliphatic heterocycles. The van der Waals surface area contributed by atoms with Gasteiger partial charge in [0.05, 0.1) is 5.56 Å². The number of carbonyl (C=O) groups is 1. The molecule has 184 valence electrons. The van der Waals surface area contributed by atoms with E-state index in [2.05, 4.69) is 18.8 Å². The Morgan fingerprint density at radius 1 is 1.11 bits per heavy atom. The van der Waals surface area contributed by atoms with Gasteiger partial charge in [0.15, 0.2) is 0 Å². The Bertz CT molecular complexity index is 1450. The third-order valence-corrected chi connectivity index (χ3v) is 7.78. The fourth-order valence-corrected chi connectivity index (χ4v) is 6.09. The van der Waals surface area contributed by atoms with Gasteiger partial charge in [0, 0.05) is 35.2 Å². The number of hydrogen-bond acceptors (Lipinski definition) is 3. The van der Waals surface area contributed by atoms with Gasteiger partial charge in [0.1, 0.15) is 6.61 Å². The zero-order chi connectivity index (χ0) is 25.4. The Kier molecular flexibility index (Phi) is 4.88. The molecule has 0 amide bonds. The monoisotopic (exact) mass is 491 g/mol. The lowest BCUT2D eigenvalue weighted by Gasteiger charge is -2.21. The molecule has 0 saturated carbocycles. The molecule has 0 fully saturated rings. The third-order valence-electron chi connectivity index (χ3n) is 7.78. The first-order valence-corrected chi connectivity index (χ1v) is 11.9. The molecule has 1 aromatic heterocycles. The van der Waals surface area contributed by atoms with Gasteiger partial charge in [0.2, 0.25) is 5.88 Å². The second kappa shape index (κ2) is 7.69. The summed E-state index contributed by atoms with van der Waals surface area (Å²) in [4.78, 5) is 15.6. The lowest BCUT2D eigenvalue weighted by Crippen LogP contribution is -2.14. The summed E-state index contributed by atoms with van der Waals surface area (Å²) in [5.74, 6) is -0.773. The van der Waals surface area contributed by atoms with E-state index in [9.17, 15) is 23.1 Å². The predicted octanol–water partition coefficient (Wildman–Crippen LogP) is 6.52. The van der Waals surface area contributed by atoms with E-state index in [1.54, 1.807) is 18.3 Å². The fraction of sp³-hybridized carbons (Fsp3) is 0.310. The van der Waals surface area contributed by atoms with Gasteiger partial charge in [-0.05, 0) is 57.7 Å². The number of pyridine rings is 1. The summed E-state index contributed by atoms with van der Waals surface area (Å²) in [5, 5.41) is 9.24. The number of ether oxygens (including phenoxy) is 1. The minimum Gasteiger partial charge on any atom is -0.478 e. The Morgan fingerprint density at radius 3 is 2.64 bits per heavy atom. The zero-order valence-corrected chi connectivity index (χ0v) is 19.8. The molecular formula is C29H24F3NO3. The van der Waals surface area contributed by atoms with Gasteiger partial charge >= 0.3 is 12.1 Å². The van der Waals surface area contributed by atoms with Crippen LogP contribution in [0.4, 0.5) is 13.2 Å². The molecule has 0 saturated heterocycles. The van der Waals surface area contributed by atoms with Crippen LogP contribution >= 0.6 is 0 Å². The van der Waals surface area contributed by atoms with Crippen molar-refractivity contribution in [3.05, 3.63) is 99.2 Å². The molecule has 1 unspecified atom stereocenters. The van der Waals surface area contributed by atoms with E-state index in [0.717, 1.165) is 39.5 Å². The van der Waals surface area contributed by atoms with Gasteiger partial charge in [-0.1, -0.05) is 50.2 Å². The number of allylic oxidation sites excluding steroid dienone is 1. The summed E-state index contributed by atoms with van der Waals surface area (Å²) in [7, 11) is 0. The van der Waals surface area contributed by atoms with E-state index >= 15 is 0 Å². The van der Waals surface area contributed by atoms with E-state index in [0.29, 0.717) is 29.9 Å². The summed E-state index contributed by atoms with van der Waals surface area (Å²) in [5.41, 5.74) is 5.60. The maximum Gasteiger partial charge on any atom is 0.416 e. The number of alkyl halides is 3. The maximum absolute atomic E-state index is 13.8. The SMILES string of the molecule is CC1(C)CC(c2ccccc2C(F)(F)F)c2cc(COc3cc4c(cn3)C3=C(C(=O)O)[C@@H]3C4)ccc21. The highest BCUT2D eigenvalue weighted by Gasteiger charge is 2.48. The van der Waals surface area contributed by atoms with Gasteiger partial charge in [-0.15, -0.1) is 0 Å². The standard InChI is InChI=1S/C29H24F3NO3/c1-28(2)12-20(17-5-3-4-6-23(17)29(30,31)32)18-9-15(7-8-22(18)28)14-36-24-11-16-10-19-25(21(16)13-33-24)26(19)27(34)35/h3-9,11,13,19-20H,10,12,14H2,1-2H3,(H,34,35)/t19-,20?/m1/s1. The highest BCUT2D eigenvalue weighted by atomic mass is 19.4. The predicted molar refractivity (Wildman–Crippen MR) is 128 cm³/mol. The average Bonchev–Trinajstić information content (AvgIpc) is 3.32. The van der Waals surface area contributed by atoms with Crippen LogP contribution < -0.4 is 4.74 Å². The van der Waals surface area contributed by atoms with Crippen molar-refractivity contribution in [1.82, 2.24) is 4.98 Å². The van der Waals surface area contributed by atoms with Crippen LogP contribution in [-0.2, 0) is 29.4 Å². The van der Waals surface area contributed by atoms with Crippen LogP contribution in [-0.4, -0.2) is 16.1 Å². The maximum atomic E-state index is 13.8. The molecule has 1 N–H and O–H groups in total. The first kappa shape index (κ1) is 22.8. The molecule has 7 heteroatoms. The van der Waals surface area contributed by atoms with E-state index < -0.39 is 17.7 Å². The molecule has 3 aliphatic carbocycles. The van der Waals surface area contributed by atoms with Crippen molar-refractivity contribution in [2.24, 2.45) is 5.92 Å². The van der Waals surface area contributed by atoms with Crippen LogP contribution in [0.2, 0.25) is 0 Å². The van der Waals surface area contributed by atoms with E-state index in [1.165, 1.54) is 6.07 Å². The summed E-state index contributed by atoms with van der Waals surface area (Å²) in [6.45, 7) is 4.38. The van der Waals surface area contributed by atoms with Crippen molar-refractivity contribution in [1.29, 1.82) is 0 Å². The Labute approximate surface area is 206 Å². The highest BCUT2D eigenvalue weighted by Crippen LogP contribution is 2.55. The van der Waals surface area contributed by atoms with Crippen molar-refractivity contribution in [3.8, 4) is 5.88 Å². The van der Waals surface area contributed by atoms with Gasteiger partial charge in [0.25, 0.3) is 0 Å². The molecule has 0 radical (unpaired) electrons. The Morgan fingerprint density at radius 2 is 1.89 bits per heavy atom. The summed E-state index contributed by atoms with van der Waals surface area (Å²) in [6, 6.07) is 13.6. The summed E-state index contributed by atoms with van der Waals surface area (Å²) in [6.07, 6.45) is -1.49. The van der Waals surface area contributed by atoms with Crippen molar-refractivity contribution in [2.75, 3.05) is 0 Å². The summed E-state index contributed by atoms with van der Waals surface area (Å²) < 4.78 is 47.3. The molecule has 6 rings (SSSR count). The first-order chi connectivity index (χ1) is 17.0. The topological polar surface area (TPSA) is 59.4 Å². The number of aliphatic carboxylic acids is 1. The Balaban J connectivity index is 1.26. The number of halogens is 3. The smallest absolute Gasteiger partial charge is 0.416 e. The van der Waals surface area contributed by atoms with Gasteiger partial charge < -0.3 is 9.84 Å². The normalized spacial score (nSPS) is 21.1. The third kappa shape index (κ3) is 3.60.